The minimum atomic E-state index is -0.431. The van der Waals surface area contributed by atoms with Crippen LogP contribution in [0.25, 0.3) is 0 Å². The number of hydrogen-bond donors (Lipinski definition) is 2. The highest BCUT2D eigenvalue weighted by Gasteiger charge is 2.29. The number of rotatable bonds is 7. The van der Waals surface area contributed by atoms with Crippen LogP contribution in [0, 0.1) is 0 Å². The number of aliphatic hydroxyl groups is 2. The lowest BCUT2D eigenvalue weighted by Gasteiger charge is -2.33. The van der Waals surface area contributed by atoms with Gasteiger partial charge in [-0.15, -0.1) is 0 Å². The zero-order valence-corrected chi connectivity index (χ0v) is 17.8. The molecule has 0 bridgehead atoms. The number of ether oxygens (including phenoxy) is 2. The lowest BCUT2D eigenvalue weighted by Crippen LogP contribution is -2.33. The van der Waals surface area contributed by atoms with Gasteiger partial charge in [0.05, 0.1) is 31.5 Å². The molecule has 1 saturated heterocycles. The summed E-state index contributed by atoms with van der Waals surface area (Å²) in [4.78, 5) is 0. The van der Waals surface area contributed by atoms with Crippen molar-refractivity contribution in [3.63, 3.8) is 0 Å². The minimum Gasteiger partial charge on any atom is -0.494 e. The van der Waals surface area contributed by atoms with Crippen LogP contribution in [0.1, 0.15) is 48.1 Å². The van der Waals surface area contributed by atoms with Gasteiger partial charge in [-0.3, -0.25) is 0 Å². The fourth-order valence-corrected chi connectivity index (χ4v) is 4.30. The molecule has 2 aromatic rings. The molecular weight excluding hydrogens is 455 g/mol. The molecular formula is C22H27IO4. The van der Waals surface area contributed by atoms with Crippen LogP contribution in [-0.4, -0.2) is 35.6 Å². The van der Waals surface area contributed by atoms with Crippen LogP contribution in [0.4, 0.5) is 0 Å². The van der Waals surface area contributed by atoms with Gasteiger partial charge in [0.2, 0.25) is 0 Å². The molecule has 146 valence electrons. The summed E-state index contributed by atoms with van der Waals surface area (Å²) in [6, 6.07) is 14.7. The Morgan fingerprint density at radius 3 is 2.56 bits per heavy atom. The minimum absolute atomic E-state index is 0.0571. The van der Waals surface area contributed by atoms with Crippen LogP contribution in [-0.2, 0) is 15.6 Å². The molecule has 1 aliphatic rings. The molecule has 0 aliphatic carbocycles. The molecule has 0 amide bonds. The van der Waals surface area contributed by atoms with Crippen LogP contribution in [0.15, 0.2) is 42.5 Å². The van der Waals surface area contributed by atoms with Gasteiger partial charge in [-0.2, -0.15) is 0 Å². The van der Waals surface area contributed by atoms with Gasteiger partial charge < -0.3 is 19.7 Å². The SMILES string of the molecule is CCOc1ccc(Cc2cc([C@H]3C[C@@H](O)C[C@@H](CO)O3)ccc2CI)cc1. The Morgan fingerprint density at radius 1 is 1.11 bits per heavy atom. The average molecular weight is 482 g/mol. The van der Waals surface area contributed by atoms with Crippen molar-refractivity contribution in [2.45, 2.75) is 48.9 Å². The first kappa shape index (κ1) is 20.6. The van der Waals surface area contributed by atoms with Gasteiger partial charge in [-0.1, -0.05) is 52.9 Å². The Balaban J connectivity index is 1.81. The molecule has 2 N–H and O–H groups in total. The Morgan fingerprint density at radius 2 is 1.89 bits per heavy atom. The monoisotopic (exact) mass is 482 g/mol. The lowest BCUT2D eigenvalue weighted by molar-refractivity contribution is -0.113. The zero-order chi connectivity index (χ0) is 19.2. The van der Waals surface area contributed by atoms with Gasteiger partial charge in [0.15, 0.2) is 0 Å². The average Bonchev–Trinajstić information content (AvgIpc) is 2.69. The molecule has 0 aromatic heterocycles. The van der Waals surface area contributed by atoms with E-state index in [1.807, 2.05) is 19.1 Å². The summed E-state index contributed by atoms with van der Waals surface area (Å²) >= 11 is 2.39. The van der Waals surface area contributed by atoms with Gasteiger partial charge in [0.25, 0.3) is 0 Å². The molecule has 4 nitrogen and oxygen atoms in total. The van der Waals surface area contributed by atoms with Crippen LogP contribution < -0.4 is 4.74 Å². The Hall–Kier alpha value is -1.15. The highest BCUT2D eigenvalue weighted by atomic mass is 127. The number of benzene rings is 2. The van der Waals surface area contributed by atoms with Crippen molar-refractivity contribution in [3.8, 4) is 5.75 Å². The van der Waals surface area contributed by atoms with Crippen LogP contribution in [0.2, 0.25) is 0 Å². The predicted octanol–water partition coefficient (Wildman–Crippen LogP) is 4.18. The fraction of sp³-hybridized carbons (Fsp3) is 0.455. The molecule has 5 heteroatoms. The van der Waals surface area contributed by atoms with Crippen molar-refractivity contribution in [1.29, 1.82) is 0 Å². The quantitative estimate of drug-likeness (QED) is 0.459. The van der Waals surface area contributed by atoms with E-state index in [1.54, 1.807) is 0 Å². The number of aliphatic hydroxyl groups excluding tert-OH is 2. The van der Waals surface area contributed by atoms with Gasteiger partial charge in [0, 0.05) is 17.3 Å². The van der Waals surface area contributed by atoms with E-state index in [0.717, 1.165) is 22.2 Å². The molecule has 3 atom stereocenters. The van der Waals surface area contributed by atoms with E-state index < -0.39 is 6.10 Å². The maximum atomic E-state index is 10.1. The van der Waals surface area contributed by atoms with Crippen molar-refractivity contribution in [2.24, 2.45) is 0 Å². The molecule has 0 radical (unpaired) electrons. The summed E-state index contributed by atoms with van der Waals surface area (Å²) in [5.74, 6) is 0.892. The van der Waals surface area contributed by atoms with E-state index in [2.05, 4.69) is 52.9 Å². The summed E-state index contributed by atoms with van der Waals surface area (Å²) in [5.41, 5.74) is 4.89. The smallest absolute Gasteiger partial charge is 0.119 e. The van der Waals surface area contributed by atoms with Crippen molar-refractivity contribution in [3.05, 3.63) is 64.7 Å². The maximum absolute atomic E-state index is 10.1. The van der Waals surface area contributed by atoms with Crippen molar-refractivity contribution in [1.82, 2.24) is 0 Å². The second-order valence-corrected chi connectivity index (χ2v) is 7.73. The van der Waals surface area contributed by atoms with E-state index in [4.69, 9.17) is 9.47 Å². The highest BCUT2D eigenvalue weighted by Crippen LogP contribution is 2.33. The lowest BCUT2D eigenvalue weighted by atomic mass is 9.92. The molecule has 2 aromatic carbocycles. The third-order valence-electron chi connectivity index (χ3n) is 4.96. The van der Waals surface area contributed by atoms with E-state index >= 15 is 0 Å². The number of alkyl halides is 1. The normalized spacial score (nSPS) is 22.6. The zero-order valence-electron chi connectivity index (χ0n) is 15.6. The number of hydrogen-bond acceptors (Lipinski definition) is 4. The van der Waals surface area contributed by atoms with E-state index in [9.17, 15) is 10.2 Å². The molecule has 3 rings (SSSR count). The molecule has 1 fully saturated rings. The van der Waals surface area contributed by atoms with Gasteiger partial charge >= 0.3 is 0 Å². The van der Waals surface area contributed by atoms with Gasteiger partial charge in [-0.05, 0) is 47.7 Å². The van der Waals surface area contributed by atoms with E-state index in [1.165, 1.54) is 16.7 Å². The number of halogens is 1. The first-order chi connectivity index (χ1) is 13.1. The Labute approximate surface area is 174 Å². The Kier molecular flexibility index (Phi) is 7.52. The predicted molar refractivity (Wildman–Crippen MR) is 115 cm³/mol. The van der Waals surface area contributed by atoms with Gasteiger partial charge in [-0.25, -0.2) is 0 Å². The second-order valence-electron chi connectivity index (χ2n) is 6.97. The second kappa shape index (κ2) is 9.87. The first-order valence-corrected chi connectivity index (χ1v) is 11.0. The molecule has 0 unspecified atom stereocenters. The largest absolute Gasteiger partial charge is 0.494 e. The first-order valence-electron chi connectivity index (χ1n) is 9.46. The van der Waals surface area contributed by atoms with E-state index in [-0.39, 0.29) is 18.8 Å². The summed E-state index contributed by atoms with van der Waals surface area (Å²) in [6.45, 7) is 2.60. The molecule has 0 spiro atoms. The Bertz CT molecular complexity index is 732. The third-order valence-corrected chi connectivity index (χ3v) is 5.78. The summed E-state index contributed by atoms with van der Waals surface area (Å²) in [7, 11) is 0. The fourth-order valence-electron chi connectivity index (χ4n) is 3.55. The van der Waals surface area contributed by atoms with Crippen molar-refractivity contribution >= 4 is 22.6 Å². The summed E-state index contributed by atoms with van der Waals surface area (Å²) in [5, 5.41) is 19.5. The van der Waals surface area contributed by atoms with Crippen LogP contribution in [0.3, 0.4) is 0 Å². The molecule has 1 heterocycles. The molecule has 1 aliphatic heterocycles. The highest BCUT2D eigenvalue weighted by molar-refractivity contribution is 14.1. The van der Waals surface area contributed by atoms with Crippen LogP contribution >= 0.6 is 22.6 Å². The van der Waals surface area contributed by atoms with Crippen LogP contribution in [0.5, 0.6) is 5.75 Å². The topological polar surface area (TPSA) is 58.9 Å². The summed E-state index contributed by atoms with van der Waals surface area (Å²) < 4.78 is 12.5. The summed E-state index contributed by atoms with van der Waals surface area (Å²) in [6.07, 6.45) is 1.02. The van der Waals surface area contributed by atoms with E-state index in [0.29, 0.717) is 19.4 Å². The van der Waals surface area contributed by atoms with Crippen molar-refractivity contribution < 1.29 is 19.7 Å². The van der Waals surface area contributed by atoms with Crippen molar-refractivity contribution in [2.75, 3.05) is 13.2 Å². The molecule has 0 saturated carbocycles. The molecule has 27 heavy (non-hydrogen) atoms. The third kappa shape index (κ3) is 5.44. The van der Waals surface area contributed by atoms with Gasteiger partial charge in [0.1, 0.15) is 5.75 Å². The maximum Gasteiger partial charge on any atom is 0.119 e. The standard InChI is InChI=1S/C22H27IO4/c1-2-26-20-7-3-15(4-8-20)9-18-10-16(5-6-17(18)13-23)22-12-19(25)11-21(14-24)27-22/h3-8,10,19,21-22,24-25H,2,9,11-14H2,1H3/t19-,21-,22+/m0/s1.